The van der Waals surface area contributed by atoms with Gasteiger partial charge in [0, 0.05) is 31.7 Å². The number of nitrogen functional groups attached to an aromatic ring is 1. The molecule has 0 bridgehead atoms. The summed E-state index contributed by atoms with van der Waals surface area (Å²) in [6.45, 7) is 9.99. The molecule has 0 atom stereocenters. The summed E-state index contributed by atoms with van der Waals surface area (Å²) in [5.41, 5.74) is 3.80. The average Bonchev–Trinajstić information content (AvgIpc) is 2.53. The molecule has 0 spiro atoms. The lowest BCUT2D eigenvalue weighted by atomic mass is 10.0. The summed E-state index contributed by atoms with van der Waals surface area (Å²) >= 11 is 0. The first-order valence-electron chi connectivity index (χ1n) is 7.85. The van der Waals surface area contributed by atoms with Crippen LogP contribution in [0.25, 0.3) is 0 Å². The van der Waals surface area contributed by atoms with Crippen LogP contribution in [0.5, 0.6) is 0 Å². The Morgan fingerprint density at radius 1 is 1.38 bits per heavy atom. The molecule has 0 radical (unpaired) electrons. The number of rotatable bonds is 5. The number of hydrazine groups is 1. The molecule has 118 valence electrons. The maximum Gasteiger partial charge on any atom is 0.148 e. The molecule has 0 aromatic carbocycles. The number of hydrogen-bond donors (Lipinski definition) is 2. The molecule has 1 fully saturated rings. The number of nitrogens with two attached hydrogens (primary N) is 1. The molecule has 3 N–H and O–H groups in total. The highest BCUT2D eigenvalue weighted by atomic mass is 15.3. The Labute approximate surface area is 127 Å². The molecule has 2 heterocycles. The molecular formula is C15H28N6. The zero-order valence-corrected chi connectivity index (χ0v) is 13.6. The minimum Gasteiger partial charge on any atom is -0.356 e. The molecule has 1 aromatic rings. The second-order valence-electron chi connectivity index (χ2n) is 6.03. The summed E-state index contributed by atoms with van der Waals surface area (Å²) in [6, 6.07) is 0.533. The summed E-state index contributed by atoms with van der Waals surface area (Å²) in [7, 11) is 2.14. The Balaban J connectivity index is 2.21. The van der Waals surface area contributed by atoms with Gasteiger partial charge in [0.05, 0.1) is 0 Å². The number of hydrogen-bond acceptors (Lipinski definition) is 6. The van der Waals surface area contributed by atoms with Crippen LogP contribution in [0.2, 0.25) is 0 Å². The van der Waals surface area contributed by atoms with E-state index in [2.05, 4.69) is 53.0 Å². The molecule has 0 amide bonds. The third-order valence-corrected chi connectivity index (χ3v) is 4.46. The van der Waals surface area contributed by atoms with Crippen LogP contribution >= 0.6 is 0 Å². The predicted octanol–water partition coefficient (Wildman–Crippen LogP) is 1.81. The van der Waals surface area contributed by atoms with Gasteiger partial charge in [0.15, 0.2) is 0 Å². The highest BCUT2D eigenvalue weighted by molar-refractivity contribution is 5.60. The fourth-order valence-electron chi connectivity index (χ4n) is 3.11. The number of nitrogens with one attached hydrogen (secondary N) is 1. The molecule has 2 rings (SSSR count). The van der Waals surface area contributed by atoms with Crippen LogP contribution in [-0.4, -0.2) is 47.6 Å². The highest BCUT2D eigenvalue weighted by Gasteiger charge is 2.25. The van der Waals surface area contributed by atoms with Crippen LogP contribution < -0.4 is 16.2 Å². The lowest BCUT2D eigenvalue weighted by Gasteiger charge is -2.37. The highest BCUT2D eigenvalue weighted by Crippen LogP contribution is 2.32. The third-order valence-electron chi connectivity index (χ3n) is 4.46. The van der Waals surface area contributed by atoms with E-state index in [4.69, 9.17) is 5.84 Å². The lowest BCUT2D eigenvalue weighted by molar-refractivity contribution is 0.220. The summed E-state index contributed by atoms with van der Waals surface area (Å²) in [4.78, 5) is 13.6. The van der Waals surface area contributed by atoms with Crippen LogP contribution in [0.1, 0.15) is 45.1 Å². The summed E-state index contributed by atoms with van der Waals surface area (Å²) < 4.78 is 0. The fourth-order valence-corrected chi connectivity index (χ4v) is 3.11. The molecule has 1 aliphatic rings. The van der Waals surface area contributed by atoms with E-state index in [1.807, 2.05) is 0 Å². The number of anilines is 2. The van der Waals surface area contributed by atoms with Gasteiger partial charge in [-0.05, 0) is 25.3 Å². The van der Waals surface area contributed by atoms with E-state index in [0.29, 0.717) is 12.0 Å². The zero-order chi connectivity index (χ0) is 15.4. The molecule has 6 nitrogen and oxygen atoms in total. The first kappa shape index (κ1) is 16.0. The van der Waals surface area contributed by atoms with Gasteiger partial charge in [-0.1, -0.05) is 20.8 Å². The maximum atomic E-state index is 5.61. The van der Waals surface area contributed by atoms with Crippen molar-refractivity contribution in [2.45, 2.75) is 45.6 Å². The molecular weight excluding hydrogens is 264 g/mol. The second kappa shape index (κ2) is 7.04. The zero-order valence-electron chi connectivity index (χ0n) is 13.6. The van der Waals surface area contributed by atoms with Crippen LogP contribution in [0.3, 0.4) is 0 Å². The molecule has 0 unspecified atom stereocenters. The smallest absolute Gasteiger partial charge is 0.148 e. The second-order valence-corrected chi connectivity index (χ2v) is 6.03. The topological polar surface area (TPSA) is 70.3 Å². The number of likely N-dealkylation sites (tertiary alicyclic amines) is 1. The normalized spacial score (nSPS) is 17.2. The van der Waals surface area contributed by atoms with Crippen molar-refractivity contribution in [2.24, 2.45) is 5.84 Å². The van der Waals surface area contributed by atoms with Crippen LogP contribution in [0.15, 0.2) is 6.33 Å². The van der Waals surface area contributed by atoms with E-state index in [-0.39, 0.29) is 0 Å². The van der Waals surface area contributed by atoms with E-state index >= 15 is 0 Å². The summed E-state index contributed by atoms with van der Waals surface area (Å²) in [5, 5.41) is 0. The lowest BCUT2D eigenvalue weighted by Crippen LogP contribution is -2.44. The van der Waals surface area contributed by atoms with Crippen molar-refractivity contribution in [2.75, 3.05) is 37.0 Å². The minimum atomic E-state index is 0.324. The standard InChI is InChI=1S/C15H28N6/c1-5-21-8-6-12(7-9-21)20(4)15-13(11(2)3)14(19-16)17-10-18-15/h10-12H,5-9,16H2,1-4H3,(H,17,18,19). The predicted molar refractivity (Wildman–Crippen MR) is 87.5 cm³/mol. The monoisotopic (exact) mass is 292 g/mol. The number of aromatic nitrogens is 2. The van der Waals surface area contributed by atoms with Crippen molar-refractivity contribution in [3.05, 3.63) is 11.9 Å². The molecule has 1 saturated heterocycles. The van der Waals surface area contributed by atoms with E-state index in [9.17, 15) is 0 Å². The van der Waals surface area contributed by atoms with Gasteiger partial charge in [0.25, 0.3) is 0 Å². The van der Waals surface area contributed by atoms with Crippen molar-refractivity contribution < 1.29 is 0 Å². The van der Waals surface area contributed by atoms with Gasteiger partial charge in [-0.3, -0.25) is 0 Å². The Kier molecular flexibility index (Phi) is 5.36. The van der Waals surface area contributed by atoms with Gasteiger partial charge in [-0.2, -0.15) is 0 Å². The number of piperidine rings is 1. The van der Waals surface area contributed by atoms with E-state index < -0.39 is 0 Å². The van der Waals surface area contributed by atoms with Crippen molar-refractivity contribution in [3.8, 4) is 0 Å². The Bertz CT molecular complexity index is 453. The van der Waals surface area contributed by atoms with Gasteiger partial charge in [0.2, 0.25) is 0 Å². The summed E-state index contributed by atoms with van der Waals surface area (Å²) in [5.74, 6) is 7.66. The van der Waals surface area contributed by atoms with E-state index in [1.165, 1.54) is 12.8 Å². The molecule has 1 aliphatic heterocycles. The number of nitrogens with zero attached hydrogens (tertiary/aromatic N) is 4. The van der Waals surface area contributed by atoms with Crippen molar-refractivity contribution >= 4 is 11.6 Å². The van der Waals surface area contributed by atoms with Gasteiger partial charge in [-0.25, -0.2) is 15.8 Å². The van der Waals surface area contributed by atoms with Gasteiger partial charge in [-0.15, -0.1) is 0 Å². The van der Waals surface area contributed by atoms with Crippen molar-refractivity contribution in [1.29, 1.82) is 0 Å². The van der Waals surface area contributed by atoms with Crippen LogP contribution in [0, 0.1) is 0 Å². The first-order chi connectivity index (χ1) is 10.1. The molecule has 21 heavy (non-hydrogen) atoms. The molecule has 1 aromatic heterocycles. The third kappa shape index (κ3) is 3.44. The maximum absolute atomic E-state index is 5.61. The molecule has 0 aliphatic carbocycles. The summed E-state index contributed by atoms with van der Waals surface area (Å²) in [6.07, 6.45) is 3.95. The van der Waals surface area contributed by atoms with E-state index in [0.717, 1.165) is 36.8 Å². The van der Waals surface area contributed by atoms with Crippen molar-refractivity contribution in [3.63, 3.8) is 0 Å². The fraction of sp³-hybridized carbons (Fsp3) is 0.733. The Hall–Kier alpha value is -1.40. The van der Waals surface area contributed by atoms with Gasteiger partial charge in [0.1, 0.15) is 18.0 Å². The SMILES string of the molecule is CCN1CCC(N(C)c2ncnc(NN)c2C(C)C)CC1. The van der Waals surface area contributed by atoms with Crippen LogP contribution in [-0.2, 0) is 0 Å². The van der Waals surface area contributed by atoms with Gasteiger partial charge < -0.3 is 15.2 Å². The Morgan fingerprint density at radius 2 is 2.05 bits per heavy atom. The quantitative estimate of drug-likeness (QED) is 0.637. The molecule has 0 saturated carbocycles. The minimum absolute atomic E-state index is 0.324. The van der Waals surface area contributed by atoms with Gasteiger partial charge >= 0.3 is 0 Å². The van der Waals surface area contributed by atoms with Crippen molar-refractivity contribution in [1.82, 2.24) is 14.9 Å². The first-order valence-corrected chi connectivity index (χ1v) is 7.85. The molecule has 6 heteroatoms. The van der Waals surface area contributed by atoms with Crippen LogP contribution in [0.4, 0.5) is 11.6 Å². The average molecular weight is 292 g/mol. The van der Waals surface area contributed by atoms with E-state index in [1.54, 1.807) is 6.33 Å². The Morgan fingerprint density at radius 3 is 2.57 bits per heavy atom. The largest absolute Gasteiger partial charge is 0.356 e.